The molecule has 2 aromatic rings. The number of para-hydroxylation sites is 1. The van der Waals surface area contributed by atoms with Crippen molar-refractivity contribution >= 4 is 17.5 Å². The van der Waals surface area contributed by atoms with Crippen molar-refractivity contribution < 1.29 is 9.18 Å². The SMILES string of the molecule is CC(C)c1cc(NC(=O)Nc2ccccc2F)n[nH]1. The summed E-state index contributed by atoms with van der Waals surface area (Å²) in [7, 11) is 0. The van der Waals surface area contributed by atoms with E-state index in [4.69, 9.17) is 0 Å². The number of H-pyrrole nitrogens is 1. The molecule has 1 aromatic heterocycles. The van der Waals surface area contributed by atoms with Crippen molar-refractivity contribution in [3.05, 3.63) is 41.8 Å². The number of nitrogens with zero attached hydrogens (tertiary/aromatic N) is 1. The Balaban J connectivity index is 1.99. The van der Waals surface area contributed by atoms with E-state index in [1.165, 1.54) is 12.1 Å². The molecule has 100 valence electrons. The summed E-state index contributed by atoms with van der Waals surface area (Å²) in [6, 6.07) is 7.17. The predicted octanol–water partition coefficient (Wildman–Crippen LogP) is 3.32. The maximum atomic E-state index is 13.3. The number of benzene rings is 1. The molecule has 2 amide bonds. The van der Waals surface area contributed by atoms with E-state index in [1.807, 2.05) is 13.8 Å². The van der Waals surface area contributed by atoms with Crippen LogP contribution in [0.3, 0.4) is 0 Å². The molecule has 0 fully saturated rings. The molecule has 0 saturated heterocycles. The number of halogens is 1. The van der Waals surface area contributed by atoms with Crippen molar-refractivity contribution in [2.24, 2.45) is 0 Å². The number of carbonyl (C=O) groups excluding carboxylic acids is 1. The Morgan fingerprint density at radius 1 is 1.32 bits per heavy atom. The number of aromatic nitrogens is 2. The molecule has 0 spiro atoms. The van der Waals surface area contributed by atoms with Gasteiger partial charge >= 0.3 is 6.03 Å². The number of amides is 2. The highest BCUT2D eigenvalue weighted by Crippen LogP contribution is 2.16. The van der Waals surface area contributed by atoms with Gasteiger partial charge in [-0.05, 0) is 18.1 Å². The molecule has 0 atom stereocenters. The zero-order chi connectivity index (χ0) is 13.8. The average Bonchev–Trinajstić information content (AvgIpc) is 2.80. The largest absolute Gasteiger partial charge is 0.324 e. The third-order valence-electron chi connectivity index (χ3n) is 2.58. The van der Waals surface area contributed by atoms with Crippen molar-refractivity contribution in [2.45, 2.75) is 19.8 Å². The minimum absolute atomic E-state index is 0.125. The average molecular weight is 262 g/mol. The fourth-order valence-electron chi connectivity index (χ4n) is 1.53. The summed E-state index contributed by atoms with van der Waals surface area (Å²) in [6.45, 7) is 4.02. The smallest absolute Gasteiger partial charge is 0.305 e. The van der Waals surface area contributed by atoms with E-state index in [0.717, 1.165) is 5.69 Å². The second kappa shape index (κ2) is 5.51. The first-order valence-corrected chi connectivity index (χ1v) is 5.94. The summed E-state index contributed by atoms with van der Waals surface area (Å²) >= 11 is 0. The van der Waals surface area contributed by atoms with E-state index in [2.05, 4.69) is 20.8 Å². The van der Waals surface area contributed by atoms with Crippen molar-refractivity contribution in [3.8, 4) is 0 Å². The topological polar surface area (TPSA) is 69.8 Å². The predicted molar refractivity (Wildman–Crippen MR) is 71.7 cm³/mol. The summed E-state index contributed by atoms with van der Waals surface area (Å²) in [6.07, 6.45) is 0. The van der Waals surface area contributed by atoms with Crippen LogP contribution in [0.15, 0.2) is 30.3 Å². The molecule has 0 aliphatic carbocycles. The van der Waals surface area contributed by atoms with Crippen LogP contribution in [0, 0.1) is 5.82 Å². The van der Waals surface area contributed by atoms with Crippen molar-refractivity contribution in [1.29, 1.82) is 0 Å². The van der Waals surface area contributed by atoms with Crippen LogP contribution in [0.4, 0.5) is 20.7 Å². The lowest BCUT2D eigenvalue weighted by molar-refractivity contribution is 0.262. The quantitative estimate of drug-likeness (QED) is 0.794. The molecular formula is C13H15FN4O. The van der Waals surface area contributed by atoms with Gasteiger partial charge in [-0.15, -0.1) is 0 Å². The molecule has 5 nitrogen and oxygen atoms in total. The van der Waals surface area contributed by atoms with Crippen LogP contribution < -0.4 is 10.6 Å². The second-order valence-electron chi connectivity index (χ2n) is 4.42. The van der Waals surface area contributed by atoms with Gasteiger partial charge < -0.3 is 5.32 Å². The Hall–Kier alpha value is -2.37. The molecule has 1 heterocycles. The van der Waals surface area contributed by atoms with Crippen molar-refractivity contribution in [3.63, 3.8) is 0 Å². The highest BCUT2D eigenvalue weighted by Gasteiger charge is 2.09. The monoisotopic (exact) mass is 262 g/mol. The molecule has 0 aliphatic heterocycles. The number of nitrogens with one attached hydrogen (secondary N) is 3. The Morgan fingerprint density at radius 3 is 2.68 bits per heavy atom. The zero-order valence-electron chi connectivity index (χ0n) is 10.7. The first-order chi connectivity index (χ1) is 9.06. The molecule has 6 heteroatoms. The van der Waals surface area contributed by atoms with Crippen LogP contribution in [-0.2, 0) is 0 Å². The minimum atomic E-state index is -0.535. The van der Waals surface area contributed by atoms with Gasteiger partial charge in [-0.2, -0.15) is 5.10 Å². The molecular weight excluding hydrogens is 247 g/mol. The lowest BCUT2D eigenvalue weighted by Crippen LogP contribution is -2.20. The lowest BCUT2D eigenvalue weighted by atomic mass is 10.1. The molecule has 0 saturated carbocycles. The van der Waals surface area contributed by atoms with Gasteiger partial charge in [-0.25, -0.2) is 9.18 Å². The standard InChI is InChI=1S/C13H15FN4O/c1-8(2)11-7-12(18-17-11)16-13(19)15-10-6-4-3-5-9(10)14/h3-8H,1-2H3,(H3,15,16,17,18,19). The van der Waals surface area contributed by atoms with Gasteiger partial charge in [-0.3, -0.25) is 10.4 Å². The fraction of sp³-hybridized carbons (Fsp3) is 0.231. The molecule has 0 aliphatic rings. The third kappa shape index (κ3) is 3.31. The summed E-state index contributed by atoms with van der Waals surface area (Å²) < 4.78 is 13.3. The Bertz CT molecular complexity index is 580. The van der Waals surface area contributed by atoms with E-state index in [9.17, 15) is 9.18 Å². The van der Waals surface area contributed by atoms with Gasteiger partial charge in [0, 0.05) is 11.8 Å². The van der Waals surface area contributed by atoms with E-state index >= 15 is 0 Å². The first-order valence-electron chi connectivity index (χ1n) is 5.94. The molecule has 0 bridgehead atoms. The highest BCUT2D eigenvalue weighted by atomic mass is 19.1. The summed E-state index contributed by atoms with van der Waals surface area (Å²) in [4.78, 5) is 11.7. The normalized spacial score (nSPS) is 10.5. The molecule has 0 unspecified atom stereocenters. The lowest BCUT2D eigenvalue weighted by Gasteiger charge is -2.05. The summed E-state index contributed by atoms with van der Waals surface area (Å²) in [5, 5.41) is 11.7. The maximum Gasteiger partial charge on any atom is 0.324 e. The van der Waals surface area contributed by atoms with E-state index < -0.39 is 11.8 Å². The van der Waals surface area contributed by atoms with E-state index in [1.54, 1.807) is 18.2 Å². The van der Waals surface area contributed by atoms with Crippen LogP contribution in [-0.4, -0.2) is 16.2 Å². The molecule has 3 N–H and O–H groups in total. The van der Waals surface area contributed by atoms with Crippen LogP contribution in [0.5, 0.6) is 0 Å². The van der Waals surface area contributed by atoms with Gasteiger partial charge in [0.05, 0.1) is 5.69 Å². The van der Waals surface area contributed by atoms with Crippen LogP contribution in [0.1, 0.15) is 25.5 Å². The van der Waals surface area contributed by atoms with Crippen molar-refractivity contribution in [2.75, 3.05) is 10.6 Å². The third-order valence-corrected chi connectivity index (χ3v) is 2.58. The molecule has 19 heavy (non-hydrogen) atoms. The first kappa shape index (κ1) is 13.1. The van der Waals surface area contributed by atoms with Crippen LogP contribution >= 0.6 is 0 Å². The van der Waals surface area contributed by atoms with Crippen LogP contribution in [0.2, 0.25) is 0 Å². The highest BCUT2D eigenvalue weighted by molar-refractivity contribution is 5.99. The number of urea groups is 1. The fourth-order valence-corrected chi connectivity index (χ4v) is 1.53. The molecule has 2 rings (SSSR count). The van der Waals surface area contributed by atoms with E-state index in [-0.39, 0.29) is 11.6 Å². The number of anilines is 2. The maximum absolute atomic E-state index is 13.3. The summed E-state index contributed by atoms with van der Waals surface area (Å²) in [5.41, 5.74) is 1.04. The molecule has 1 aromatic carbocycles. The Labute approximate surface area is 110 Å². The Kier molecular flexibility index (Phi) is 3.79. The summed E-state index contributed by atoms with van der Waals surface area (Å²) in [5.74, 6) is 0.206. The van der Waals surface area contributed by atoms with Gasteiger partial charge in [0.2, 0.25) is 0 Å². The number of carbonyl (C=O) groups is 1. The second-order valence-corrected chi connectivity index (χ2v) is 4.42. The Morgan fingerprint density at radius 2 is 2.05 bits per heavy atom. The zero-order valence-corrected chi connectivity index (χ0v) is 10.7. The molecule has 0 radical (unpaired) electrons. The minimum Gasteiger partial charge on any atom is -0.305 e. The van der Waals surface area contributed by atoms with Gasteiger partial charge in [0.25, 0.3) is 0 Å². The van der Waals surface area contributed by atoms with Gasteiger partial charge in [-0.1, -0.05) is 26.0 Å². The number of hydrogen-bond acceptors (Lipinski definition) is 2. The van der Waals surface area contributed by atoms with Crippen molar-refractivity contribution in [1.82, 2.24) is 10.2 Å². The number of aromatic amines is 1. The van der Waals surface area contributed by atoms with E-state index in [0.29, 0.717) is 5.82 Å². The van der Waals surface area contributed by atoms with Gasteiger partial charge in [0.15, 0.2) is 5.82 Å². The number of hydrogen-bond donors (Lipinski definition) is 3. The van der Waals surface area contributed by atoms with Crippen LogP contribution in [0.25, 0.3) is 0 Å². The van der Waals surface area contributed by atoms with Gasteiger partial charge in [0.1, 0.15) is 5.82 Å². The number of rotatable bonds is 3.